The fraction of sp³-hybridized carbons (Fsp3) is 0.538. The number of Topliss-reactive ketones (excluding diaryl/α,β-unsaturated/α-hetero) is 1. The summed E-state index contributed by atoms with van der Waals surface area (Å²) in [6.07, 6.45) is 5.68. The third-order valence-electron chi connectivity index (χ3n) is 6.72. The molecule has 1 fully saturated rings. The number of ketones is 1. The number of pyridine rings is 1. The van der Waals surface area contributed by atoms with E-state index in [0.717, 1.165) is 42.7 Å². The Kier molecular flexibility index (Phi) is 8.37. The Hall–Kier alpha value is -3.24. The molecule has 0 radical (unpaired) electrons. The van der Waals surface area contributed by atoms with Crippen molar-refractivity contribution in [2.75, 3.05) is 45.4 Å². The molecule has 4 rings (SSSR count). The molecule has 0 aromatic carbocycles. The van der Waals surface area contributed by atoms with E-state index < -0.39 is 0 Å². The van der Waals surface area contributed by atoms with Gasteiger partial charge in [0.15, 0.2) is 5.78 Å². The number of nitrogens with zero attached hydrogens (tertiary/aromatic N) is 4. The summed E-state index contributed by atoms with van der Waals surface area (Å²) in [5.74, 6) is 1.55. The normalized spacial score (nSPS) is 16.2. The molecule has 0 unspecified atom stereocenters. The van der Waals surface area contributed by atoms with Gasteiger partial charge in [0, 0.05) is 51.7 Å². The van der Waals surface area contributed by atoms with Crippen molar-refractivity contribution in [1.29, 1.82) is 0 Å². The fourth-order valence-electron chi connectivity index (χ4n) is 4.49. The standard InChI is InChI=1S/C26H35N5O5/c1-16(14-32)11-21(33)20-12-23(30-26(29-20)36-15-17(2)34-3)31-9-6-18(7-10-31)19-13-28-25-24(19)22(35-4)5-8-27-25/h5,8,12-13,16-18,32H,6-7,9-11,14-15H2,1-4H3,(H,27,28)/t16-,17-/m0/s1. The fourth-order valence-corrected chi connectivity index (χ4v) is 4.49. The number of ether oxygens (including phenoxy) is 3. The Balaban J connectivity index is 1.53. The smallest absolute Gasteiger partial charge is 0.319 e. The molecule has 0 bridgehead atoms. The predicted molar refractivity (Wildman–Crippen MR) is 136 cm³/mol. The van der Waals surface area contributed by atoms with E-state index in [0.29, 0.717) is 17.4 Å². The maximum atomic E-state index is 12.9. The lowest BCUT2D eigenvalue weighted by atomic mass is 9.89. The number of carbonyl (C=O) groups excluding carboxylic acids is 1. The van der Waals surface area contributed by atoms with Gasteiger partial charge in [0.25, 0.3) is 0 Å². The van der Waals surface area contributed by atoms with E-state index in [1.165, 1.54) is 5.56 Å². The summed E-state index contributed by atoms with van der Waals surface area (Å²) in [7, 11) is 3.29. The number of aliphatic hydroxyl groups excluding tert-OH is 1. The monoisotopic (exact) mass is 497 g/mol. The van der Waals surface area contributed by atoms with Crippen molar-refractivity contribution in [3.8, 4) is 11.8 Å². The molecular formula is C26H35N5O5. The van der Waals surface area contributed by atoms with Crippen LogP contribution in [0.1, 0.15) is 55.1 Å². The van der Waals surface area contributed by atoms with Gasteiger partial charge in [0.05, 0.1) is 18.6 Å². The molecule has 0 aliphatic carbocycles. The molecule has 0 amide bonds. The Morgan fingerprint density at radius 3 is 2.72 bits per heavy atom. The van der Waals surface area contributed by atoms with Crippen molar-refractivity contribution in [2.24, 2.45) is 5.92 Å². The predicted octanol–water partition coefficient (Wildman–Crippen LogP) is 3.36. The van der Waals surface area contributed by atoms with Gasteiger partial charge in [-0.3, -0.25) is 4.79 Å². The highest BCUT2D eigenvalue weighted by atomic mass is 16.5. The lowest BCUT2D eigenvalue weighted by Gasteiger charge is -2.33. The van der Waals surface area contributed by atoms with E-state index in [2.05, 4.69) is 24.8 Å². The van der Waals surface area contributed by atoms with E-state index in [4.69, 9.17) is 14.2 Å². The first kappa shape index (κ1) is 25.8. The number of anilines is 1. The second-order valence-electron chi connectivity index (χ2n) is 9.41. The Morgan fingerprint density at radius 2 is 2.03 bits per heavy atom. The van der Waals surface area contributed by atoms with Crippen LogP contribution in [-0.2, 0) is 4.74 Å². The summed E-state index contributed by atoms with van der Waals surface area (Å²) >= 11 is 0. The summed E-state index contributed by atoms with van der Waals surface area (Å²) in [6.45, 7) is 5.48. The molecule has 1 aliphatic rings. The van der Waals surface area contributed by atoms with Crippen molar-refractivity contribution in [3.05, 3.63) is 35.8 Å². The van der Waals surface area contributed by atoms with Gasteiger partial charge in [0.2, 0.25) is 0 Å². The minimum Gasteiger partial charge on any atom is -0.496 e. The number of fused-ring (bicyclic) bond motifs is 1. The molecule has 1 saturated heterocycles. The Labute approximate surface area is 211 Å². The topological polar surface area (TPSA) is 123 Å². The lowest BCUT2D eigenvalue weighted by Crippen LogP contribution is -2.34. The number of hydrogen-bond donors (Lipinski definition) is 2. The molecule has 1 aliphatic heterocycles. The Morgan fingerprint density at radius 1 is 1.25 bits per heavy atom. The van der Waals surface area contributed by atoms with Crippen LogP contribution in [-0.4, -0.2) is 77.5 Å². The van der Waals surface area contributed by atoms with Gasteiger partial charge >= 0.3 is 6.01 Å². The maximum absolute atomic E-state index is 12.9. The molecule has 0 saturated carbocycles. The lowest BCUT2D eigenvalue weighted by molar-refractivity contribution is 0.0678. The van der Waals surface area contributed by atoms with Gasteiger partial charge in [-0.05, 0) is 43.2 Å². The highest BCUT2D eigenvalue weighted by molar-refractivity contribution is 5.95. The number of nitrogens with one attached hydrogen (secondary N) is 1. The molecule has 3 aromatic heterocycles. The molecule has 3 aromatic rings. The first-order chi connectivity index (χ1) is 17.4. The van der Waals surface area contributed by atoms with Crippen LogP contribution in [0.4, 0.5) is 5.82 Å². The molecule has 0 spiro atoms. The molecule has 4 heterocycles. The van der Waals surface area contributed by atoms with Gasteiger partial charge in [-0.15, -0.1) is 0 Å². The van der Waals surface area contributed by atoms with Crippen LogP contribution in [0.25, 0.3) is 11.0 Å². The summed E-state index contributed by atoms with van der Waals surface area (Å²) in [5.41, 5.74) is 2.34. The van der Waals surface area contributed by atoms with Crippen LogP contribution in [0.2, 0.25) is 0 Å². The third-order valence-corrected chi connectivity index (χ3v) is 6.72. The SMILES string of the molecule is COc1ccnc2[nH]cc(C3CCN(c4cc(C(=O)C[C@H](C)CO)nc(OC[C@H](C)OC)n4)CC3)c12. The van der Waals surface area contributed by atoms with Crippen LogP contribution in [0.3, 0.4) is 0 Å². The zero-order valence-corrected chi connectivity index (χ0v) is 21.4. The average molecular weight is 498 g/mol. The second-order valence-corrected chi connectivity index (χ2v) is 9.41. The van der Waals surface area contributed by atoms with Crippen molar-refractivity contribution in [2.45, 2.75) is 45.1 Å². The van der Waals surface area contributed by atoms with E-state index in [1.54, 1.807) is 26.5 Å². The Bertz CT molecular complexity index is 1170. The zero-order valence-electron chi connectivity index (χ0n) is 21.4. The van der Waals surface area contributed by atoms with Crippen LogP contribution in [0, 0.1) is 5.92 Å². The summed E-state index contributed by atoms with van der Waals surface area (Å²) in [4.78, 5) is 31.7. The second kappa shape index (κ2) is 11.7. The van der Waals surface area contributed by atoms with Gasteiger partial charge in [-0.1, -0.05) is 6.92 Å². The number of H-pyrrole nitrogens is 1. The van der Waals surface area contributed by atoms with E-state index in [-0.39, 0.29) is 43.5 Å². The van der Waals surface area contributed by atoms with Gasteiger partial charge < -0.3 is 29.2 Å². The van der Waals surface area contributed by atoms with Gasteiger partial charge in [0.1, 0.15) is 29.5 Å². The van der Waals surface area contributed by atoms with Crippen LogP contribution >= 0.6 is 0 Å². The maximum Gasteiger partial charge on any atom is 0.319 e. The van der Waals surface area contributed by atoms with Crippen LogP contribution in [0.15, 0.2) is 24.5 Å². The summed E-state index contributed by atoms with van der Waals surface area (Å²) in [6, 6.07) is 3.78. The third kappa shape index (κ3) is 5.76. The number of aromatic amines is 1. The highest BCUT2D eigenvalue weighted by Crippen LogP contribution is 2.37. The molecule has 194 valence electrons. The molecule has 2 N–H and O–H groups in total. The van der Waals surface area contributed by atoms with E-state index >= 15 is 0 Å². The minimum absolute atomic E-state index is 0.0555. The number of aromatic nitrogens is 4. The number of aliphatic hydroxyl groups is 1. The number of carbonyl (C=O) groups is 1. The number of rotatable bonds is 11. The minimum atomic E-state index is -0.146. The quantitative estimate of drug-likeness (QED) is 0.384. The van der Waals surface area contributed by atoms with Crippen molar-refractivity contribution in [3.63, 3.8) is 0 Å². The number of methoxy groups -OCH3 is 2. The first-order valence-corrected chi connectivity index (χ1v) is 12.4. The van der Waals surface area contributed by atoms with E-state index in [9.17, 15) is 9.90 Å². The summed E-state index contributed by atoms with van der Waals surface area (Å²) in [5, 5.41) is 10.4. The van der Waals surface area contributed by atoms with Crippen molar-refractivity contribution >= 4 is 22.6 Å². The molecular weight excluding hydrogens is 462 g/mol. The average Bonchev–Trinajstić information content (AvgIpc) is 3.36. The summed E-state index contributed by atoms with van der Waals surface area (Å²) < 4.78 is 16.6. The highest BCUT2D eigenvalue weighted by Gasteiger charge is 2.26. The zero-order chi connectivity index (χ0) is 25.7. The van der Waals surface area contributed by atoms with Crippen LogP contribution in [0.5, 0.6) is 11.8 Å². The van der Waals surface area contributed by atoms with Crippen molar-refractivity contribution in [1.82, 2.24) is 19.9 Å². The van der Waals surface area contributed by atoms with E-state index in [1.807, 2.05) is 26.1 Å². The molecule has 2 atom stereocenters. The van der Waals surface area contributed by atoms with Crippen molar-refractivity contribution < 1.29 is 24.1 Å². The van der Waals surface area contributed by atoms with Gasteiger partial charge in [-0.2, -0.15) is 9.97 Å². The largest absolute Gasteiger partial charge is 0.496 e. The van der Waals surface area contributed by atoms with Crippen LogP contribution < -0.4 is 14.4 Å². The van der Waals surface area contributed by atoms with Gasteiger partial charge in [-0.25, -0.2) is 4.98 Å². The number of hydrogen-bond acceptors (Lipinski definition) is 9. The molecule has 10 nitrogen and oxygen atoms in total. The molecule has 36 heavy (non-hydrogen) atoms. The molecule has 10 heteroatoms. The number of piperidine rings is 1. The first-order valence-electron chi connectivity index (χ1n) is 12.4.